The number of nitrogens with zero attached hydrogens (tertiary/aromatic N) is 1. The van der Waals surface area contributed by atoms with Crippen LogP contribution in [0.3, 0.4) is 0 Å². The fraction of sp³-hybridized carbons (Fsp3) is 0.310. The van der Waals surface area contributed by atoms with Crippen LogP contribution < -0.4 is 10.1 Å². The molecule has 0 spiro atoms. The van der Waals surface area contributed by atoms with Crippen molar-refractivity contribution in [1.82, 2.24) is 10.2 Å². The Morgan fingerprint density at radius 3 is 2.25 bits per heavy atom. The summed E-state index contributed by atoms with van der Waals surface area (Å²) < 4.78 is 5.76. The van der Waals surface area contributed by atoms with E-state index in [2.05, 4.69) is 5.32 Å². The van der Waals surface area contributed by atoms with Crippen LogP contribution in [0.2, 0.25) is 10.0 Å². The van der Waals surface area contributed by atoms with E-state index in [1.807, 2.05) is 62.4 Å². The molecule has 7 heteroatoms. The summed E-state index contributed by atoms with van der Waals surface area (Å²) in [6.45, 7) is 4.48. The second-order valence-electron chi connectivity index (χ2n) is 8.93. The van der Waals surface area contributed by atoms with Gasteiger partial charge in [0.05, 0.1) is 6.61 Å². The van der Waals surface area contributed by atoms with Gasteiger partial charge in [0.25, 0.3) is 0 Å². The summed E-state index contributed by atoms with van der Waals surface area (Å²) >= 11 is 12.1. The van der Waals surface area contributed by atoms with E-state index in [1.165, 1.54) is 0 Å². The minimum absolute atomic E-state index is 0.0494. The Kier molecular flexibility index (Phi) is 10.6. The number of benzene rings is 3. The number of halogens is 2. The second kappa shape index (κ2) is 13.9. The Hall–Kier alpha value is -3.02. The zero-order valence-electron chi connectivity index (χ0n) is 20.6. The van der Waals surface area contributed by atoms with Crippen LogP contribution in [-0.2, 0) is 22.6 Å². The van der Waals surface area contributed by atoms with E-state index in [0.717, 1.165) is 11.1 Å². The smallest absolute Gasteiger partial charge is 0.243 e. The molecule has 1 atom stereocenters. The number of rotatable bonds is 12. The Morgan fingerprint density at radius 2 is 1.58 bits per heavy atom. The van der Waals surface area contributed by atoms with Crippen molar-refractivity contribution in [2.45, 2.75) is 51.7 Å². The molecule has 0 aromatic heterocycles. The highest BCUT2D eigenvalue weighted by molar-refractivity contribution is 6.30. The Bertz CT molecular complexity index is 1120. The number of carbonyl (C=O) groups is 2. The molecule has 0 aliphatic carbocycles. The van der Waals surface area contributed by atoms with E-state index < -0.39 is 6.04 Å². The molecule has 1 N–H and O–H groups in total. The van der Waals surface area contributed by atoms with Gasteiger partial charge in [0.15, 0.2) is 0 Å². The van der Waals surface area contributed by atoms with Gasteiger partial charge in [0.1, 0.15) is 11.8 Å². The van der Waals surface area contributed by atoms with Crippen LogP contribution in [0, 0.1) is 0 Å². The Morgan fingerprint density at radius 1 is 0.889 bits per heavy atom. The molecule has 1 unspecified atom stereocenters. The summed E-state index contributed by atoms with van der Waals surface area (Å²) in [5, 5.41) is 4.22. The molecule has 3 aromatic rings. The maximum absolute atomic E-state index is 13.6. The lowest BCUT2D eigenvalue weighted by Crippen LogP contribution is -2.51. The first kappa shape index (κ1) is 27.6. The van der Waals surface area contributed by atoms with Crippen molar-refractivity contribution < 1.29 is 14.3 Å². The van der Waals surface area contributed by atoms with Crippen molar-refractivity contribution >= 4 is 35.0 Å². The maximum atomic E-state index is 13.6. The van der Waals surface area contributed by atoms with E-state index in [4.69, 9.17) is 27.9 Å². The molecule has 0 saturated heterocycles. The molecule has 0 aliphatic rings. The van der Waals surface area contributed by atoms with Gasteiger partial charge in [-0.25, -0.2) is 0 Å². The Balaban J connectivity index is 1.78. The van der Waals surface area contributed by atoms with Crippen molar-refractivity contribution in [1.29, 1.82) is 0 Å². The average molecular weight is 527 g/mol. The van der Waals surface area contributed by atoms with Gasteiger partial charge in [-0.2, -0.15) is 0 Å². The van der Waals surface area contributed by atoms with Gasteiger partial charge in [-0.05, 0) is 67.8 Å². The van der Waals surface area contributed by atoms with E-state index in [9.17, 15) is 9.59 Å². The number of nitrogens with one attached hydrogen (secondary N) is 1. The SMILES string of the molecule is CC(C)NC(=O)C(Cc1ccccc1)N(Cc1cccc(Cl)c1)C(=O)CCCOc1ccc(Cl)cc1. The van der Waals surface area contributed by atoms with Crippen LogP contribution in [0.25, 0.3) is 0 Å². The zero-order valence-corrected chi connectivity index (χ0v) is 22.1. The molecule has 0 aliphatic heterocycles. The van der Waals surface area contributed by atoms with Gasteiger partial charge in [-0.3, -0.25) is 9.59 Å². The predicted molar refractivity (Wildman–Crippen MR) is 145 cm³/mol. The summed E-state index contributed by atoms with van der Waals surface area (Å²) in [4.78, 5) is 28.6. The third-order valence-corrected chi connectivity index (χ3v) is 6.05. The lowest BCUT2D eigenvalue weighted by atomic mass is 10.0. The van der Waals surface area contributed by atoms with Gasteiger partial charge in [-0.1, -0.05) is 65.7 Å². The molecular formula is C29H32Cl2N2O3. The highest BCUT2D eigenvalue weighted by Crippen LogP contribution is 2.20. The monoisotopic (exact) mass is 526 g/mol. The minimum Gasteiger partial charge on any atom is -0.494 e. The third-order valence-electron chi connectivity index (χ3n) is 5.56. The fourth-order valence-electron chi connectivity index (χ4n) is 3.85. The highest BCUT2D eigenvalue weighted by Gasteiger charge is 2.30. The number of hydrogen-bond acceptors (Lipinski definition) is 3. The van der Waals surface area contributed by atoms with Crippen LogP contribution in [0.1, 0.15) is 37.8 Å². The lowest BCUT2D eigenvalue weighted by molar-refractivity contribution is -0.141. The quantitative estimate of drug-likeness (QED) is 0.281. The number of hydrogen-bond donors (Lipinski definition) is 1. The largest absolute Gasteiger partial charge is 0.494 e. The molecular weight excluding hydrogens is 495 g/mol. The van der Waals surface area contributed by atoms with E-state index in [0.29, 0.717) is 35.2 Å². The molecule has 0 saturated carbocycles. The van der Waals surface area contributed by atoms with Crippen molar-refractivity contribution in [2.75, 3.05) is 6.61 Å². The minimum atomic E-state index is -0.668. The summed E-state index contributed by atoms with van der Waals surface area (Å²) in [7, 11) is 0. The summed E-state index contributed by atoms with van der Waals surface area (Å²) in [6, 6.07) is 23.5. The molecule has 2 amide bonds. The fourth-order valence-corrected chi connectivity index (χ4v) is 4.19. The van der Waals surface area contributed by atoms with Crippen molar-refractivity contribution in [3.05, 3.63) is 100 Å². The van der Waals surface area contributed by atoms with Crippen molar-refractivity contribution in [3.63, 3.8) is 0 Å². The maximum Gasteiger partial charge on any atom is 0.243 e. The van der Waals surface area contributed by atoms with E-state index >= 15 is 0 Å². The standard InChI is InChI=1S/C29H32Cl2N2O3/c1-21(2)32-29(35)27(19-22-8-4-3-5-9-22)33(20-23-10-6-11-25(31)18-23)28(34)12-7-17-36-26-15-13-24(30)14-16-26/h3-6,8-11,13-16,18,21,27H,7,12,17,19-20H2,1-2H3,(H,32,35). The normalized spacial score (nSPS) is 11.7. The first-order valence-electron chi connectivity index (χ1n) is 12.1. The van der Waals surface area contributed by atoms with Gasteiger partial charge in [0.2, 0.25) is 11.8 Å². The van der Waals surface area contributed by atoms with Crippen LogP contribution >= 0.6 is 23.2 Å². The highest BCUT2D eigenvalue weighted by atomic mass is 35.5. The summed E-state index contributed by atoms with van der Waals surface area (Å²) in [6.07, 6.45) is 1.17. The third kappa shape index (κ3) is 8.89. The van der Waals surface area contributed by atoms with Gasteiger partial charge in [-0.15, -0.1) is 0 Å². The topological polar surface area (TPSA) is 58.6 Å². The van der Waals surface area contributed by atoms with Crippen molar-refractivity contribution in [2.24, 2.45) is 0 Å². The van der Waals surface area contributed by atoms with E-state index in [1.54, 1.807) is 35.2 Å². The van der Waals surface area contributed by atoms with Gasteiger partial charge >= 0.3 is 0 Å². The molecule has 3 aromatic carbocycles. The average Bonchev–Trinajstić information content (AvgIpc) is 2.85. The zero-order chi connectivity index (χ0) is 25.9. The molecule has 0 bridgehead atoms. The Labute approximate surface area is 223 Å². The van der Waals surface area contributed by atoms with Crippen LogP contribution in [-0.4, -0.2) is 35.4 Å². The van der Waals surface area contributed by atoms with Crippen LogP contribution in [0.15, 0.2) is 78.9 Å². The van der Waals surface area contributed by atoms with Gasteiger partial charge < -0.3 is 15.0 Å². The molecule has 0 heterocycles. The molecule has 5 nitrogen and oxygen atoms in total. The first-order chi connectivity index (χ1) is 17.3. The number of ether oxygens (including phenoxy) is 1. The molecule has 3 rings (SSSR count). The van der Waals surface area contributed by atoms with Crippen LogP contribution in [0.4, 0.5) is 0 Å². The predicted octanol–water partition coefficient (Wildman–Crippen LogP) is 6.32. The molecule has 0 radical (unpaired) electrons. The molecule has 190 valence electrons. The van der Waals surface area contributed by atoms with Crippen LogP contribution in [0.5, 0.6) is 5.75 Å². The van der Waals surface area contributed by atoms with Crippen molar-refractivity contribution in [3.8, 4) is 5.75 Å². The first-order valence-corrected chi connectivity index (χ1v) is 12.8. The number of amides is 2. The second-order valence-corrected chi connectivity index (χ2v) is 9.80. The molecule has 0 fully saturated rings. The van der Waals surface area contributed by atoms with E-state index in [-0.39, 0.29) is 30.8 Å². The number of carbonyl (C=O) groups excluding carboxylic acids is 2. The summed E-state index contributed by atoms with van der Waals surface area (Å²) in [5.74, 6) is 0.400. The summed E-state index contributed by atoms with van der Waals surface area (Å²) in [5.41, 5.74) is 1.85. The lowest BCUT2D eigenvalue weighted by Gasteiger charge is -2.32. The molecule has 36 heavy (non-hydrogen) atoms. The van der Waals surface area contributed by atoms with Gasteiger partial charge in [0, 0.05) is 35.5 Å².